The first kappa shape index (κ1) is 21.7. The second kappa shape index (κ2) is 10.6. The van der Waals surface area contributed by atoms with E-state index in [2.05, 4.69) is 15.6 Å². The highest BCUT2D eigenvalue weighted by Crippen LogP contribution is 2.34. The first-order chi connectivity index (χ1) is 12.3. The molecule has 1 rings (SSSR count). The molecule has 26 heavy (non-hydrogen) atoms. The van der Waals surface area contributed by atoms with Gasteiger partial charge in [0.05, 0.1) is 34.3 Å². The van der Waals surface area contributed by atoms with Gasteiger partial charge in [-0.2, -0.15) is 13.2 Å². The predicted octanol–water partition coefficient (Wildman–Crippen LogP) is 2.76. The summed E-state index contributed by atoms with van der Waals surface area (Å²) < 4.78 is 52.7. The van der Waals surface area contributed by atoms with Gasteiger partial charge in [-0.05, 0) is 13.3 Å². The van der Waals surface area contributed by atoms with E-state index >= 15 is 0 Å². The van der Waals surface area contributed by atoms with Crippen molar-refractivity contribution in [1.29, 1.82) is 0 Å². The fraction of sp³-hybridized carbons (Fsp3) is 0.588. The molecule has 0 heterocycles. The highest BCUT2D eigenvalue weighted by atomic mass is 19.4. The highest BCUT2D eigenvalue weighted by Gasteiger charge is 2.26. The Bertz CT molecular complexity index is 567. The number of methoxy groups -OCH3 is 3. The molecule has 2 N–H and O–H groups in total. The van der Waals surface area contributed by atoms with Crippen LogP contribution in [0.5, 0.6) is 17.2 Å². The molecule has 0 spiro atoms. The molecule has 0 saturated heterocycles. The van der Waals surface area contributed by atoms with Gasteiger partial charge in [-0.25, -0.2) is 0 Å². The Morgan fingerprint density at radius 3 is 2.12 bits per heavy atom. The maximum atomic E-state index is 12.2. The number of rotatable bonds is 9. The van der Waals surface area contributed by atoms with Gasteiger partial charge >= 0.3 is 6.18 Å². The molecule has 6 nitrogen and oxygen atoms in total. The summed E-state index contributed by atoms with van der Waals surface area (Å²) in [5, 5.41) is 5.94. The summed E-state index contributed by atoms with van der Waals surface area (Å²) in [4.78, 5) is 3.93. The minimum absolute atomic E-state index is 0.325. The number of guanidine groups is 1. The lowest BCUT2D eigenvalue weighted by Crippen LogP contribution is -2.38. The number of hydrogen-bond acceptors (Lipinski definition) is 4. The molecule has 0 saturated carbocycles. The maximum absolute atomic E-state index is 12.2. The lowest BCUT2D eigenvalue weighted by Gasteiger charge is -2.16. The van der Waals surface area contributed by atoms with Gasteiger partial charge in [-0.3, -0.25) is 4.99 Å². The van der Waals surface area contributed by atoms with Crippen LogP contribution in [0.2, 0.25) is 0 Å². The van der Waals surface area contributed by atoms with E-state index in [0.717, 1.165) is 5.56 Å². The zero-order valence-corrected chi connectivity index (χ0v) is 15.5. The van der Waals surface area contributed by atoms with Gasteiger partial charge in [0, 0.05) is 30.8 Å². The van der Waals surface area contributed by atoms with Crippen molar-refractivity contribution in [2.24, 2.45) is 4.99 Å². The van der Waals surface area contributed by atoms with Crippen LogP contribution in [0, 0.1) is 0 Å². The number of benzene rings is 1. The van der Waals surface area contributed by atoms with E-state index in [1.54, 1.807) is 33.5 Å². The Morgan fingerprint density at radius 1 is 1.04 bits per heavy atom. The van der Waals surface area contributed by atoms with Crippen molar-refractivity contribution in [1.82, 2.24) is 10.6 Å². The van der Waals surface area contributed by atoms with Crippen LogP contribution in [0.15, 0.2) is 17.1 Å². The molecule has 0 aromatic heterocycles. The number of ether oxygens (including phenoxy) is 3. The van der Waals surface area contributed by atoms with E-state index in [0.29, 0.717) is 42.7 Å². The van der Waals surface area contributed by atoms with E-state index in [1.165, 1.54) is 0 Å². The van der Waals surface area contributed by atoms with Gasteiger partial charge in [0.25, 0.3) is 0 Å². The molecule has 9 heteroatoms. The molecular formula is C17H26F3N3O3. The van der Waals surface area contributed by atoms with Crippen molar-refractivity contribution in [3.8, 4) is 17.2 Å². The zero-order valence-electron chi connectivity index (χ0n) is 15.5. The third-order valence-electron chi connectivity index (χ3n) is 3.49. The fourth-order valence-corrected chi connectivity index (χ4v) is 2.27. The van der Waals surface area contributed by atoms with Crippen molar-refractivity contribution in [2.45, 2.75) is 25.9 Å². The van der Waals surface area contributed by atoms with Crippen LogP contribution in [0.25, 0.3) is 0 Å². The molecule has 0 radical (unpaired) electrons. The van der Waals surface area contributed by atoms with E-state index in [4.69, 9.17) is 14.2 Å². The molecule has 0 unspecified atom stereocenters. The fourth-order valence-electron chi connectivity index (χ4n) is 2.27. The number of alkyl halides is 3. The second-order valence-corrected chi connectivity index (χ2v) is 5.31. The van der Waals surface area contributed by atoms with Gasteiger partial charge in [0.1, 0.15) is 17.2 Å². The summed E-state index contributed by atoms with van der Waals surface area (Å²) in [6.07, 6.45) is -4.64. The predicted molar refractivity (Wildman–Crippen MR) is 94.5 cm³/mol. The van der Waals surface area contributed by atoms with Crippen LogP contribution < -0.4 is 24.8 Å². The molecule has 1 aromatic carbocycles. The summed E-state index contributed by atoms with van der Waals surface area (Å²) in [6.45, 7) is 2.51. The quantitative estimate of drug-likeness (QED) is 0.512. The molecule has 0 aliphatic rings. The maximum Gasteiger partial charge on any atom is 0.390 e. The molecule has 0 fully saturated rings. The lowest BCUT2D eigenvalue weighted by atomic mass is 10.1. The van der Waals surface area contributed by atoms with E-state index in [-0.39, 0.29) is 6.54 Å². The topological polar surface area (TPSA) is 64.1 Å². The van der Waals surface area contributed by atoms with E-state index in [9.17, 15) is 13.2 Å². The molecule has 0 aliphatic carbocycles. The van der Waals surface area contributed by atoms with Crippen molar-refractivity contribution in [2.75, 3.05) is 41.0 Å². The summed E-state index contributed by atoms with van der Waals surface area (Å²) in [5.74, 6) is 2.17. The van der Waals surface area contributed by atoms with Gasteiger partial charge in [0.2, 0.25) is 0 Å². The van der Waals surface area contributed by atoms with Crippen LogP contribution in [-0.4, -0.2) is 53.1 Å². The molecule has 148 valence electrons. The summed E-state index contributed by atoms with van der Waals surface area (Å²) in [6, 6.07) is 3.50. The summed E-state index contributed by atoms with van der Waals surface area (Å²) in [5.41, 5.74) is 0.828. The Kier molecular flexibility index (Phi) is 8.87. The normalized spacial score (nSPS) is 11.9. The summed E-state index contributed by atoms with van der Waals surface area (Å²) >= 11 is 0. The molecule has 1 aromatic rings. The van der Waals surface area contributed by atoms with Gasteiger partial charge in [-0.1, -0.05) is 0 Å². The Balaban J connectivity index is 2.76. The second-order valence-electron chi connectivity index (χ2n) is 5.31. The largest absolute Gasteiger partial charge is 0.496 e. The number of nitrogens with one attached hydrogen (secondary N) is 2. The van der Waals surface area contributed by atoms with Crippen molar-refractivity contribution in [3.05, 3.63) is 17.7 Å². The average molecular weight is 377 g/mol. The van der Waals surface area contributed by atoms with E-state index < -0.39 is 12.6 Å². The molecule has 0 atom stereocenters. The number of aliphatic imine (C=N–C) groups is 1. The number of nitrogens with zero attached hydrogens (tertiary/aromatic N) is 1. The minimum atomic E-state index is -4.22. The highest BCUT2D eigenvalue weighted by molar-refractivity contribution is 5.79. The Morgan fingerprint density at radius 2 is 1.65 bits per heavy atom. The van der Waals surface area contributed by atoms with Crippen LogP contribution >= 0.6 is 0 Å². The van der Waals surface area contributed by atoms with E-state index in [1.807, 2.05) is 6.92 Å². The van der Waals surface area contributed by atoms with Crippen molar-refractivity contribution >= 4 is 5.96 Å². The Labute approximate surface area is 151 Å². The molecule has 0 aliphatic heterocycles. The van der Waals surface area contributed by atoms with Gasteiger partial charge in [0.15, 0.2) is 5.96 Å². The van der Waals surface area contributed by atoms with Crippen LogP contribution in [0.3, 0.4) is 0 Å². The molecule has 0 bridgehead atoms. The van der Waals surface area contributed by atoms with Crippen LogP contribution in [-0.2, 0) is 6.42 Å². The van der Waals surface area contributed by atoms with Gasteiger partial charge in [-0.15, -0.1) is 0 Å². The first-order valence-corrected chi connectivity index (χ1v) is 8.22. The first-order valence-electron chi connectivity index (χ1n) is 8.22. The molecular weight excluding hydrogens is 351 g/mol. The molecule has 0 amide bonds. The summed E-state index contributed by atoms with van der Waals surface area (Å²) in [7, 11) is 4.65. The van der Waals surface area contributed by atoms with Gasteiger partial charge < -0.3 is 24.8 Å². The SMILES string of the molecule is CCNC(=NCCC(F)(F)F)NCCc1c(OC)cc(OC)cc1OC. The third kappa shape index (κ3) is 7.28. The zero-order chi connectivity index (χ0) is 19.6. The van der Waals surface area contributed by atoms with Crippen molar-refractivity contribution < 1.29 is 27.4 Å². The standard InChI is InChI=1S/C17H26F3N3O3/c1-5-21-16(23-9-7-17(18,19)20)22-8-6-13-14(25-3)10-12(24-2)11-15(13)26-4/h10-11H,5-9H2,1-4H3,(H2,21,22,23). The monoisotopic (exact) mass is 377 g/mol. The third-order valence-corrected chi connectivity index (χ3v) is 3.49. The number of halogens is 3. The average Bonchev–Trinajstić information content (AvgIpc) is 2.60. The number of hydrogen-bond donors (Lipinski definition) is 2. The van der Waals surface area contributed by atoms with Crippen LogP contribution in [0.4, 0.5) is 13.2 Å². The lowest BCUT2D eigenvalue weighted by molar-refractivity contribution is -0.132. The Hall–Kier alpha value is -2.32. The van der Waals surface area contributed by atoms with Crippen LogP contribution in [0.1, 0.15) is 18.9 Å². The smallest absolute Gasteiger partial charge is 0.390 e. The minimum Gasteiger partial charge on any atom is -0.496 e. The van der Waals surface area contributed by atoms with Crippen molar-refractivity contribution in [3.63, 3.8) is 0 Å².